The number of carbonyl (C=O) groups is 2. The first-order valence-electron chi connectivity index (χ1n) is 6.55. The summed E-state index contributed by atoms with van der Waals surface area (Å²) in [4.78, 5) is 25.4. The minimum atomic E-state index is -0.247. The third kappa shape index (κ3) is 2.89. The second-order valence-corrected chi connectivity index (χ2v) is 5.06. The minimum Gasteiger partial charge on any atom is -0.469 e. The van der Waals surface area contributed by atoms with E-state index in [9.17, 15) is 9.59 Å². The summed E-state index contributed by atoms with van der Waals surface area (Å²) in [6.07, 6.45) is 4.92. The highest BCUT2D eigenvalue weighted by molar-refractivity contribution is 5.92. The van der Waals surface area contributed by atoms with Gasteiger partial charge >= 0.3 is 5.97 Å². The van der Waals surface area contributed by atoms with Gasteiger partial charge in [-0.15, -0.1) is 0 Å². The average Bonchev–Trinajstić information content (AvgIpc) is 3.01. The zero-order valence-electron chi connectivity index (χ0n) is 11.9. The molecule has 0 bridgehead atoms. The van der Waals surface area contributed by atoms with Crippen LogP contribution >= 0.6 is 0 Å². The smallest absolute Gasteiger partial charge is 0.310 e. The molecule has 0 aromatic carbocycles. The van der Waals surface area contributed by atoms with Crippen LogP contribution in [0.25, 0.3) is 6.08 Å². The largest absolute Gasteiger partial charge is 0.469 e. The lowest BCUT2D eigenvalue weighted by Gasteiger charge is -2.13. The molecule has 1 amide bonds. The van der Waals surface area contributed by atoms with Gasteiger partial charge in [-0.3, -0.25) is 14.3 Å². The quantitative estimate of drug-likeness (QED) is 0.602. The molecule has 6 heteroatoms. The number of carbonyl (C=O) groups excluding carboxylic acids is 2. The Hall–Kier alpha value is -2.11. The van der Waals surface area contributed by atoms with Crippen molar-refractivity contribution >= 4 is 18.0 Å². The summed E-state index contributed by atoms with van der Waals surface area (Å²) in [5.41, 5.74) is 0.857. The molecule has 20 heavy (non-hydrogen) atoms. The number of methoxy groups -OCH3 is 1. The van der Waals surface area contributed by atoms with E-state index in [4.69, 9.17) is 4.74 Å². The number of hydrogen-bond donors (Lipinski definition) is 0. The van der Waals surface area contributed by atoms with Gasteiger partial charge in [0.25, 0.3) is 0 Å². The van der Waals surface area contributed by atoms with Crippen molar-refractivity contribution in [3.63, 3.8) is 0 Å². The first-order chi connectivity index (χ1) is 9.52. The third-order valence-corrected chi connectivity index (χ3v) is 3.68. The summed E-state index contributed by atoms with van der Waals surface area (Å²) < 4.78 is 6.45. The fraction of sp³-hybridized carbons (Fsp3) is 0.500. The zero-order valence-corrected chi connectivity index (χ0v) is 11.9. The first kappa shape index (κ1) is 14.3. The molecule has 1 fully saturated rings. The number of rotatable bonds is 3. The molecule has 6 nitrogen and oxygen atoms in total. The van der Waals surface area contributed by atoms with Crippen molar-refractivity contribution in [2.24, 2.45) is 18.9 Å². The number of amides is 1. The lowest BCUT2D eigenvalue weighted by molar-refractivity contribution is -0.146. The Morgan fingerprint density at radius 2 is 2.20 bits per heavy atom. The monoisotopic (exact) mass is 277 g/mol. The molecule has 0 radical (unpaired) electrons. The molecule has 1 aliphatic heterocycles. The number of aryl methyl sites for hydroxylation is 1. The second-order valence-electron chi connectivity index (χ2n) is 5.06. The van der Waals surface area contributed by atoms with Crippen LogP contribution in [0.3, 0.4) is 0 Å². The molecule has 2 unspecified atom stereocenters. The number of nitrogens with zero attached hydrogens (tertiary/aromatic N) is 3. The number of esters is 1. The molecule has 2 rings (SSSR count). The van der Waals surface area contributed by atoms with Crippen LogP contribution in [0.1, 0.15) is 12.6 Å². The highest BCUT2D eigenvalue weighted by Gasteiger charge is 2.36. The highest BCUT2D eigenvalue weighted by atomic mass is 16.5. The standard InChI is InChI=1S/C14H19N3O3/c1-10-8-17(9-12(10)14(19)20-3)13(18)5-4-11-6-7-15-16(11)2/h4-7,10,12H,8-9H2,1-3H3/b5-4+. The summed E-state index contributed by atoms with van der Waals surface area (Å²) in [5, 5.41) is 4.03. The highest BCUT2D eigenvalue weighted by Crippen LogP contribution is 2.24. The molecule has 1 saturated heterocycles. The van der Waals surface area contributed by atoms with Gasteiger partial charge in [-0.25, -0.2) is 0 Å². The second kappa shape index (κ2) is 5.90. The Morgan fingerprint density at radius 1 is 1.45 bits per heavy atom. The van der Waals surface area contributed by atoms with E-state index in [1.807, 2.05) is 20.0 Å². The normalized spacial score (nSPS) is 22.4. The molecular weight excluding hydrogens is 258 g/mol. The van der Waals surface area contributed by atoms with Gasteiger partial charge in [-0.2, -0.15) is 5.10 Å². The summed E-state index contributed by atoms with van der Waals surface area (Å²) in [6, 6.07) is 1.83. The third-order valence-electron chi connectivity index (χ3n) is 3.68. The van der Waals surface area contributed by atoms with Crippen molar-refractivity contribution in [1.29, 1.82) is 0 Å². The van der Waals surface area contributed by atoms with Gasteiger partial charge < -0.3 is 9.64 Å². The van der Waals surface area contributed by atoms with Gasteiger partial charge in [0.1, 0.15) is 0 Å². The van der Waals surface area contributed by atoms with Crippen LogP contribution in [0.5, 0.6) is 0 Å². The van der Waals surface area contributed by atoms with Crippen LogP contribution in [0.2, 0.25) is 0 Å². The Bertz CT molecular complexity index is 536. The Balaban J connectivity index is 1.99. The van der Waals surface area contributed by atoms with Crippen molar-refractivity contribution in [2.45, 2.75) is 6.92 Å². The maximum absolute atomic E-state index is 12.1. The molecule has 0 saturated carbocycles. The van der Waals surface area contributed by atoms with Gasteiger partial charge in [-0.1, -0.05) is 6.92 Å². The molecule has 108 valence electrons. The lowest BCUT2D eigenvalue weighted by Crippen LogP contribution is -2.28. The maximum atomic E-state index is 12.1. The maximum Gasteiger partial charge on any atom is 0.310 e. The van der Waals surface area contributed by atoms with Crippen molar-refractivity contribution in [1.82, 2.24) is 14.7 Å². The van der Waals surface area contributed by atoms with Crippen LogP contribution in [0.4, 0.5) is 0 Å². The summed E-state index contributed by atoms with van der Waals surface area (Å²) in [5.74, 6) is -0.446. The van der Waals surface area contributed by atoms with Crippen molar-refractivity contribution in [3.05, 3.63) is 24.0 Å². The topological polar surface area (TPSA) is 64.4 Å². The van der Waals surface area contributed by atoms with Crippen LogP contribution in [-0.2, 0) is 21.4 Å². The predicted molar refractivity (Wildman–Crippen MR) is 73.5 cm³/mol. The lowest BCUT2D eigenvalue weighted by atomic mass is 9.99. The molecular formula is C14H19N3O3. The van der Waals surface area contributed by atoms with Crippen LogP contribution in [0, 0.1) is 11.8 Å². The van der Waals surface area contributed by atoms with Crippen molar-refractivity contribution in [2.75, 3.05) is 20.2 Å². The number of hydrogen-bond acceptors (Lipinski definition) is 4. The van der Waals surface area contributed by atoms with E-state index in [0.29, 0.717) is 13.1 Å². The van der Waals surface area contributed by atoms with Crippen molar-refractivity contribution in [3.8, 4) is 0 Å². The van der Waals surface area contributed by atoms with Gasteiger partial charge in [0, 0.05) is 32.4 Å². The van der Waals surface area contributed by atoms with Gasteiger partial charge in [0.15, 0.2) is 0 Å². The first-order valence-corrected chi connectivity index (χ1v) is 6.55. The predicted octanol–water partition coefficient (Wildman–Crippen LogP) is 0.701. The van der Waals surface area contributed by atoms with Crippen molar-refractivity contribution < 1.29 is 14.3 Å². The fourth-order valence-electron chi connectivity index (χ4n) is 2.41. The summed E-state index contributed by atoms with van der Waals surface area (Å²) in [6.45, 7) is 2.95. The fourth-order valence-corrected chi connectivity index (χ4v) is 2.41. The average molecular weight is 277 g/mol. The molecule has 2 atom stereocenters. The summed E-state index contributed by atoms with van der Waals surface area (Å²) in [7, 11) is 3.19. The number of ether oxygens (including phenoxy) is 1. The van der Waals surface area contributed by atoms with E-state index < -0.39 is 0 Å². The van der Waals surface area contributed by atoms with Crippen LogP contribution < -0.4 is 0 Å². The van der Waals surface area contributed by atoms with Crippen LogP contribution in [0.15, 0.2) is 18.3 Å². The van der Waals surface area contributed by atoms with Gasteiger partial charge in [0.2, 0.25) is 5.91 Å². The van der Waals surface area contributed by atoms with E-state index in [2.05, 4.69) is 5.10 Å². The Kier molecular flexibility index (Phi) is 4.22. The molecule has 1 aliphatic rings. The van der Waals surface area contributed by atoms with E-state index in [1.165, 1.54) is 13.2 Å². The van der Waals surface area contributed by atoms with E-state index >= 15 is 0 Å². The molecule has 1 aromatic rings. The van der Waals surface area contributed by atoms with E-state index in [0.717, 1.165) is 5.69 Å². The zero-order chi connectivity index (χ0) is 14.7. The molecule has 0 spiro atoms. The Morgan fingerprint density at radius 3 is 2.80 bits per heavy atom. The Labute approximate surface area is 118 Å². The van der Waals surface area contributed by atoms with Gasteiger partial charge in [-0.05, 0) is 18.1 Å². The van der Waals surface area contributed by atoms with E-state index in [1.54, 1.807) is 21.9 Å². The summed E-state index contributed by atoms with van der Waals surface area (Å²) >= 11 is 0. The number of aromatic nitrogens is 2. The van der Waals surface area contributed by atoms with Gasteiger partial charge in [0.05, 0.1) is 18.7 Å². The molecule has 0 aliphatic carbocycles. The van der Waals surface area contributed by atoms with E-state index in [-0.39, 0.29) is 23.7 Å². The number of likely N-dealkylation sites (tertiary alicyclic amines) is 1. The molecule has 2 heterocycles. The SMILES string of the molecule is COC(=O)C1CN(C(=O)/C=C/c2ccnn2C)CC1C. The molecule has 1 aromatic heterocycles. The van der Waals surface area contributed by atoms with Crippen LogP contribution in [-0.4, -0.2) is 46.8 Å². The molecule has 0 N–H and O–H groups in total. The minimum absolute atomic E-state index is 0.0931.